The first-order valence-corrected chi connectivity index (χ1v) is 6.47. The van der Waals surface area contributed by atoms with Crippen molar-refractivity contribution in [3.63, 3.8) is 0 Å². The Kier molecular flexibility index (Phi) is 4.34. The normalized spacial score (nSPS) is 17.8. The van der Waals surface area contributed by atoms with E-state index in [9.17, 15) is 0 Å². The van der Waals surface area contributed by atoms with Crippen LogP contribution in [0.3, 0.4) is 0 Å². The molecule has 1 unspecified atom stereocenters. The highest BCUT2D eigenvalue weighted by atomic mass is 15.3. The van der Waals surface area contributed by atoms with E-state index in [1.165, 1.54) is 5.56 Å². The Morgan fingerprint density at radius 1 is 1.53 bits per heavy atom. The van der Waals surface area contributed by atoms with Gasteiger partial charge in [-0.2, -0.15) is 5.10 Å². The standard InChI is InChI=1S/C13H22N4/c1-2-7-17-10-11(9-15-17)13(8-14)16-12-5-3-4-6-12/h3-4,9-10,12-13,16H,2,5-8,14H2,1H3. The van der Waals surface area contributed by atoms with E-state index >= 15 is 0 Å². The number of nitrogens with zero attached hydrogens (tertiary/aromatic N) is 2. The molecule has 0 radical (unpaired) electrons. The third-order valence-electron chi connectivity index (χ3n) is 3.19. The molecule has 1 aliphatic carbocycles. The lowest BCUT2D eigenvalue weighted by Gasteiger charge is -2.20. The van der Waals surface area contributed by atoms with E-state index < -0.39 is 0 Å². The van der Waals surface area contributed by atoms with Crippen LogP contribution in [0.5, 0.6) is 0 Å². The molecule has 0 aliphatic heterocycles. The summed E-state index contributed by atoms with van der Waals surface area (Å²) in [6, 6.07) is 0.767. The third kappa shape index (κ3) is 3.17. The van der Waals surface area contributed by atoms with Gasteiger partial charge in [-0.1, -0.05) is 19.1 Å². The van der Waals surface area contributed by atoms with Crippen molar-refractivity contribution in [1.29, 1.82) is 0 Å². The maximum Gasteiger partial charge on any atom is 0.0538 e. The fourth-order valence-corrected chi connectivity index (χ4v) is 2.25. The van der Waals surface area contributed by atoms with Gasteiger partial charge in [0.05, 0.1) is 6.20 Å². The van der Waals surface area contributed by atoms with Crippen molar-refractivity contribution in [2.45, 2.75) is 44.8 Å². The Labute approximate surface area is 103 Å². The van der Waals surface area contributed by atoms with E-state index in [2.05, 4.69) is 35.7 Å². The van der Waals surface area contributed by atoms with Crippen molar-refractivity contribution in [2.75, 3.05) is 6.54 Å². The van der Waals surface area contributed by atoms with Crippen molar-refractivity contribution >= 4 is 0 Å². The van der Waals surface area contributed by atoms with Gasteiger partial charge in [0.2, 0.25) is 0 Å². The zero-order valence-corrected chi connectivity index (χ0v) is 10.5. The topological polar surface area (TPSA) is 55.9 Å². The average Bonchev–Trinajstić information content (AvgIpc) is 2.97. The molecule has 0 aromatic carbocycles. The van der Waals surface area contributed by atoms with Gasteiger partial charge in [0.15, 0.2) is 0 Å². The molecule has 0 amide bonds. The number of aromatic nitrogens is 2. The van der Waals surface area contributed by atoms with Gasteiger partial charge in [-0.3, -0.25) is 4.68 Å². The fraction of sp³-hybridized carbons (Fsp3) is 0.615. The van der Waals surface area contributed by atoms with Crippen molar-refractivity contribution in [3.05, 3.63) is 30.1 Å². The molecule has 1 aliphatic rings. The summed E-state index contributed by atoms with van der Waals surface area (Å²) in [5, 5.41) is 7.95. The second-order valence-corrected chi connectivity index (χ2v) is 4.63. The predicted octanol–water partition coefficient (Wildman–Crippen LogP) is 1.60. The smallest absolute Gasteiger partial charge is 0.0538 e. The van der Waals surface area contributed by atoms with Gasteiger partial charge in [0.1, 0.15) is 0 Å². The molecule has 1 aromatic rings. The van der Waals surface area contributed by atoms with Gasteiger partial charge in [0.25, 0.3) is 0 Å². The summed E-state index contributed by atoms with van der Waals surface area (Å²) in [6.07, 6.45) is 11.8. The fourth-order valence-electron chi connectivity index (χ4n) is 2.25. The molecule has 1 aromatic heterocycles. The van der Waals surface area contributed by atoms with Gasteiger partial charge in [-0.25, -0.2) is 0 Å². The summed E-state index contributed by atoms with van der Waals surface area (Å²) in [6.45, 7) is 3.75. The number of rotatable bonds is 6. The second kappa shape index (κ2) is 5.98. The van der Waals surface area contributed by atoms with Gasteiger partial charge >= 0.3 is 0 Å². The van der Waals surface area contributed by atoms with Crippen molar-refractivity contribution < 1.29 is 0 Å². The van der Waals surface area contributed by atoms with E-state index in [4.69, 9.17) is 5.73 Å². The van der Waals surface area contributed by atoms with Gasteiger partial charge in [-0.05, 0) is 19.3 Å². The highest BCUT2D eigenvalue weighted by Gasteiger charge is 2.17. The molecule has 4 heteroatoms. The minimum Gasteiger partial charge on any atom is -0.329 e. The van der Waals surface area contributed by atoms with Crippen LogP contribution in [0, 0.1) is 0 Å². The molecule has 2 rings (SSSR count). The number of hydrogen-bond donors (Lipinski definition) is 2. The zero-order chi connectivity index (χ0) is 12.1. The summed E-state index contributed by atoms with van der Waals surface area (Å²) in [7, 11) is 0. The molecule has 4 nitrogen and oxygen atoms in total. The Hall–Kier alpha value is -1.13. The molecule has 0 saturated heterocycles. The largest absolute Gasteiger partial charge is 0.329 e. The number of nitrogens with two attached hydrogens (primary N) is 1. The van der Waals surface area contributed by atoms with Gasteiger partial charge < -0.3 is 11.1 Å². The van der Waals surface area contributed by atoms with E-state index in [-0.39, 0.29) is 6.04 Å². The quantitative estimate of drug-likeness (QED) is 0.735. The minimum absolute atomic E-state index is 0.227. The second-order valence-electron chi connectivity index (χ2n) is 4.63. The number of aryl methyl sites for hydroxylation is 1. The van der Waals surface area contributed by atoms with Crippen LogP contribution in [0.1, 0.15) is 37.8 Å². The molecular formula is C13H22N4. The average molecular weight is 234 g/mol. The minimum atomic E-state index is 0.227. The van der Waals surface area contributed by atoms with Crippen molar-refractivity contribution in [2.24, 2.45) is 5.73 Å². The van der Waals surface area contributed by atoms with Crippen molar-refractivity contribution in [3.8, 4) is 0 Å². The van der Waals surface area contributed by atoms with E-state index in [0.29, 0.717) is 12.6 Å². The molecule has 3 N–H and O–H groups in total. The highest BCUT2D eigenvalue weighted by molar-refractivity contribution is 5.12. The van der Waals surface area contributed by atoms with Crippen LogP contribution in [0.4, 0.5) is 0 Å². The summed E-state index contributed by atoms with van der Waals surface area (Å²) in [5.41, 5.74) is 7.05. The monoisotopic (exact) mass is 234 g/mol. The number of nitrogens with one attached hydrogen (secondary N) is 1. The Bertz CT molecular complexity index is 361. The lowest BCUT2D eigenvalue weighted by atomic mass is 10.1. The van der Waals surface area contributed by atoms with Crippen LogP contribution in [0.15, 0.2) is 24.5 Å². The Balaban J connectivity index is 1.95. The molecule has 0 fully saturated rings. The molecule has 0 saturated carbocycles. The Morgan fingerprint density at radius 2 is 2.29 bits per heavy atom. The summed E-state index contributed by atoms with van der Waals surface area (Å²) >= 11 is 0. The summed E-state index contributed by atoms with van der Waals surface area (Å²) < 4.78 is 1.99. The van der Waals surface area contributed by atoms with Crippen LogP contribution in [0.25, 0.3) is 0 Å². The van der Waals surface area contributed by atoms with E-state index in [0.717, 1.165) is 25.8 Å². The molecule has 1 atom stereocenters. The van der Waals surface area contributed by atoms with Crippen LogP contribution >= 0.6 is 0 Å². The van der Waals surface area contributed by atoms with E-state index in [1.54, 1.807) is 0 Å². The first-order chi connectivity index (χ1) is 8.33. The molecular weight excluding hydrogens is 212 g/mol. The molecule has 0 bridgehead atoms. The molecule has 1 heterocycles. The lowest BCUT2D eigenvalue weighted by Crippen LogP contribution is -2.35. The lowest BCUT2D eigenvalue weighted by molar-refractivity contribution is 0.453. The van der Waals surface area contributed by atoms with Crippen LogP contribution < -0.4 is 11.1 Å². The van der Waals surface area contributed by atoms with Gasteiger partial charge in [-0.15, -0.1) is 0 Å². The van der Waals surface area contributed by atoms with Crippen LogP contribution in [0.2, 0.25) is 0 Å². The summed E-state index contributed by atoms with van der Waals surface area (Å²) in [5.74, 6) is 0. The Morgan fingerprint density at radius 3 is 2.94 bits per heavy atom. The highest BCUT2D eigenvalue weighted by Crippen LogP contribution is 2.17. The predicted molar refractivity (Wildman–Crippen MR) is 69.6 cm³/mol. The molecule has 0 spiro atoms. The number of hydrogen-bond acceptors (Lipinski definition) is 3. The van der Waals surface area contributed by atoms with E-state index in [1.807, 2.05) is 10.9 Å². The van der Waals surface area contributed by atoms with Crippen LogP contribution in [-0.2, 0) is 6.54 Å². The van der Waals surface area contributed by atoms with Crippen molar-refractivity contribution in [1.82, 2.24) is 15.1 Å². The van der Waals surface area contributed by atoms with Gasteiger partial charge in [0, 0.05) is 36.9 Å². The first-order valence-electron chi connectivity index (χ1n) is 6.47. The first kappa shape index (κ1) is 12.3. The molecule has 17 heavy (non-hydrogen) atoms. The SMILES string of the molecule is CCCn1cc(C(CN)NC2CC=CC2)cn1. The maximum atomic E-state index is 5.85. The maximum absolute atomic E-state index is 5.85. The zero-order valence-electron chi connectivity index (χ0n) is 10.5. The summed E-state index contributed by atoms with van der Waals surface area (Å²) in [4.78, 5) is 0. The third-order valence-corrected chi connectivity index (χ3v) is 3.19. The molecule has 94 valence electrons. The van der Waals surface area contributed by atoms with Crippen LogP contribution in [-0.4, -0.2) is 22.4 Å².